The summed E-state index contributed by atoms with van der Waals surface area (Å²) in [6.45, 7) is 5.71. The highest BCUT2D eigenvalue weighted by Crippen LogP contribution is 2.43. The van der Waals surface area contributed by atoms with Crippen molar-refractivity contribution in [3.8, 4) is 5.75 Å². The van der Waals surface area contributed by atoms with Crippen LogP contribution in [0.3, 0.4) is 0 Å². The van der Waals surface area contributed by atoms with Gasteiger partial charge in [-0.3, -0.25) is 0 Å². The SMILES string of the molecule is CCc1ccc(Cc2cc(C3CC(OCc4ccccc4)CC(COCc4ccccc4)O3)c(Br)c(O)c2C)cc1. The van der Waals surface area contributed by atoms with E-state index in [-0.39, 0.29) is 24.1 Å². The minimum Gasteiger partial charge on any atom is -0.506 e. The van der Waals surface area contributed by atoms with E-state index in [4.69, 9.17) is 14.2 Å². The first-order chi connectivity index (χ1) is 20.0. The molecule has 41 heavy (non-hydrogen) atoms. The molecule has 3 atom stereocenters. The number of ether oxygens (including phenoxy) is 3. The predicted octanol–water partition coefficient (Wildman–Crippen LogP) is 8.64. The molecule has 1 heterocycles. The summed E-state index contributed by atoms with van der Waals surface area (Å²) < 4.78 is 19.9. The summed E-state index contributed by atoms with van der Waals surface area (Å²) in [5.41, 5.74) is 7.77. The Labute approximate surface area is 252 Å². The lowest BCUT2D eigenvalue weighted by atomic mass is 9.91. The highest BCUT2D eigenvalue weighted by Gasteiger charge is 2.33. The summed E-state index contributed by atoms with van der Waals surface area (Å²) in [4.78, 5) is 0. The highest BCUT2D eigenvalue weighted by molar-refractivity contribution is 9.10. The van der Waals surface area contributed by atoms with E-state index in [2.05, 4.69) is 77.5 Å². The third-order valence-electron chi connectivity index (χ3n) is 7.90. The van der Waals surface area contributed by atoms with Crippen LogP contribution in [0.1, 0.15) is 64.8 Å². The van der Waals surface area contributed by atoms with E-state index in [1.54, 1.807) is 0 Å². The number of aromatic hydroxyl groups is 1. The summed E-state index contributed by atoms with van der Waals surface area (Å²) >= 11 is 3.70. The van der Waals surface area contributed by atoms with E-state index in [1.165, 1.54) is 11.1 Å². The zero-order valence-electron chi connectivity index (χ0n) is 23.9. The molecule has 1 saturated heterocycles. The van der Waals surface area contributed by atoms with Crippen molar-refractivity contribution >= 4 is 15.9 Å². The molecule has 0 radical (unpaired) electrons. The third kappa shape index (κ3) is 7.87. The Morgan fingerprint density at radius 1 is 0.829 bits per heavy atom. The van der Waals surface area contributed by atoms with E-state index < -0.39 is 0 Å². The second-order valence-corrected chi connectivity index (χ2v) is 11.7. The molecule has 3 unspecified atom stereocenters. The molecular weight excluding hydrogens is 576 g/mol. The van der Waals surface area contributed by atoms with Crippen molar-refractivity contribution in [2.24, 2.45) is 0 Å². The monoisotopic (exact) mass is 614 g/mol. The van der Waals surface area contributed by atoms with Gasteiger partial charge in [-0.15, -0.1) is 0 Å². The molecule has 5 heteroatoms. The molecule has 0 saturated carbocycles. The van der Waals surface area contributed by atoms with Crippen molar-refractivity contribution < 1.29 is 19.3 Å². The van der Waals surface area contributed by atoms with Crippen LogP contribution in [0.4, 0.5) is 0 Å². The fourth-order valence-corrected chi connectivity index (χ4v) is 6.10. The molecule has 1 aliphatic rings. The molecule has 0 aliphatic carbocycles. The molecule has 1 N–H and O–H groups in total. The minimum atomic E-state index is -0.239. The van der Waals surface area contributed by atoms with Crippen LogP contribution in [0.15, 0.2) is 95.5 Å². The number of rotatable bonds is 11. The third-order valence-corrected chi connectivity index (χ3v) is 8.74. The van der Waals surface area contributed by atoms with Crippen molar-refractivity contribution in [1.82, 2.24) is 0 Å². The summed E-state index contributed by atoms with van der Waals surface area (Å²) in [6, 6.07) is 31.4. The number of benzene rings is 4. The summed E-state index contributed by atoms with van der Waals surface area (Å²) in [5, 5.41) is 11.2. The van der Waals surface area contributed by atoms with Crippen LogP contribution < -0.4 is 0 Å². The lowest BCUT2D eigenvalue weighted by Gasteiger charge is -2.36. The Morgan fingerprint density at radius 3 is 2.12 bits per heavy atom. The van der Waals surface area contributed by atoms with Gasteiger partial charge in [0.15, 0.2) is 0 Å². The lowest BCUT2D eigenvalue weighted by molar-refractivity contribution is -0.142. The highest BCUT2D eigenvalue weighted by atomic mass is 79.9. The molecule has 4 aromatic carbocycles. The van der Waals surface area contributed by atoms with Gasteiger partial charge in [0.1, 0.15) is 5.75 Å². The Balaban J connectivity index is 1.36. The number of phenols is 1. The van der Waals surface area contributed by atoms with Gasteiger partial charge in [0, 0.05) is 12.8 Å². The van der Waals surface area contributed by atoms with Gasteiger partial charge in [0.05, 0.1) is 42.6 Å². The van der Waals surface area contributed by atoms with Crippen molar-refractivity contribution in [2.45, 2.75) is 71.1 Å². The fraction of sp³-hybridized carbons (Fsp3) is 0.333. The van der Waals surface area contributed by atoms with Crippen LogP contribution in [0.5, 0.6) is 5.75 Å². The number of phenolic OH excluding ortho intramolecular Hbond substituents is 1. The molecular formula is C36H39BrO4. The van der Waals surface area contributed by atoms with Gasteiger partial charge >= 0.3 is 0 Å². The smallest absolute Gasteiger partial charge is 0.133 e. The van der Waals surface area contributed by atoms with Crippen LogP contribution in [0, 0.1) is 6.92 Å². The minimum absolute atomic E-state index is 0.000310. The Kier molecular flexibility index (Phi) is 10.3. The van der Waals surface area contributed by atoms with Gasteiger partial charge in [0.25, 0.3) is 0 Å². The fourth-order valence-electron chi connectivity index (χ4n) is 5.43. The molecule has 4 aromatic rings. The van der Waals surface area contributed by atoms with Crippen LogP contribution in [0.25, 0.3) is 0 Å². The number of aryl methyl sites for hydroxylation is 1. The Bertz CT molecular complexity index is 1390. The number of hydrogen-bond donors (Lipinski definition) is 1. The van der Waals surface area contributed by atoms with E-state index in [9.17, 15) is 5.11 Å². The molecule has 0 amide bonds. The second kappa shape index (κ2) is 14.3. The van der Waals surface area contributed by atoms with E-state index in [0.29, 0.717) is 30.7 Å². The molecule has 4 nitrogen and oxygen atoms in total. The van der Waals surface area contributed by atoms with Crippen LogP contribution >= 0.6 is 15.9 Å². The van der Waals surface area contributed by atoms with Crippen molar-refractivity contribution in [3.63, 3.8) is 0 Å². The average molecular weight is 616 g/mol. The van der Waals surface area contributed by atoms with Crippen LogP contribution in [-0.2, 0) is 40.3 Å². The standard InChI is InChI=1S/C36H39BrO4/c1-3-26-14-16-27(17-15-26)18-30-19-33(35(37)36(38)25(30)2)34-21-31(40-23-29-12-8-5-9-13-29)20-32(41-34)24-39-22-28-10-6-4-7-11-28/h4-17,19,31-32,34,38H,3,18,20-24H2,1-2H3. The van der Waals surface area contributed by atoms with Gasteiger partial charge in [-0.05, 0) is 74.6 Å². The Hall–Kier alpha value is -2.96. The number of halogens is 1. The average Bonchev–Trinajstić information content (AvgIpc) is 3.01. The first-order valence-electron chi connectivity index (χ1n) is 14.5. The predicted molar refractivity (Wildman–Crippen MR) is 167 cm³/mol. The molecule has 0 bridgehead atoms. The topological polar surface area (TPSA) is 47.9 Å². The van der Waals surface area contributed by atoms with Crippen molar-refractivity contribution in [3.05, 3.63) is 134 Å². The van der Waals surface area contributed by atoms with Crippen molar-refractivity contribution in [2.75, 3.05) is 6.61 Å². The summed E-state index contributed by atoms with van der Waals surface area (Å²) in [7, 11) is 0. The molecule has 0 spiro atoms. The second-order valence-electron chi connectivity index (χ2n) is 10.9. The molecule has 0 aromatic heterocycles. The van der Waals surface area contributed by atoms with Crippen LogP contribution in [-0.4, -0.2) is 23.9 Å². The van der Waals surface area contributed by atoms with Crippen LogP contribution in [0.2, 0.25) is 0 Å². The summed E-state index contributed by atoms with van der Waals surface area (Å²) in [5.74, 6) is 0.274. The molecule has 5 rings (SSSR count). The first kappa shape index (κ1) is 29.5. The van der Waals surface area contributed by atoms with E-state index in [0.717, 1.165) is 47.1 Å². The lowest BCUT2D eigenvalue weighted by Crippen LogP contribution is -2.36. The quantitative estimate of drug-likeness (QED) is 0.184. The van der Waals surface area contributed by atoms with Gasteiger partial charge in [-0.2, -0.15) is 0 Å². The Morgan fingerprint density at radius 2 is 1.46 bits per heavy atom. The maximum atomic E-state index is 11.2. The van der Waals surface area contributed by atoms with E-state index >= 15 is 0 Å². The van der Waals surface area contributed by atoms with Gasteiger partial charge in [0.2, 0.25) is 0 Å². The van der Waals surface area contributed by atoms with Gasteiger partial charge in [-0.25, -0.2) is 0 Å². The molecule has 1 fully saturated rings. The molecule has 214 valence electrons. The zero-order valence-corrected chi connectivity index (χ0v) is 25.5. The summed E-state index contributed by atoms with van der Waals surface area (Å²) in [6.07, 6.45) is 2.85. The maximum Gasteiger partial charge on any atom is 0.133 e. The van der Waals surface area contributed by atoms with E-state index in [1.807, 2.05) is 43.3 Å². The largest absolute Gasteiger partial charge is 0.506 e. The molecule has 1 aliphatic heterocycles. The van der Waals surface area contributed by atoms with Gasteiger partial charge < -0.3 is 19.3 Å². The van der Waals surface area contributed by atoms with Gasteiger partial charge in [-0.1, -0.05) is 97.9 Å². The first-order valence-corrected chi connectivity index (χ1v) is 15.3. The maximum absolute atomic E-state index is 11.2. The normalized spacial score (nSPS) is 18.9. The zero-order chi connectivity index (χ0) is 28.6. The van der Waals surface area contributed by atoms with Crippen molar-refractivity contribution in [1.29, 1.82) is 0 Å². The number of hydrogen-bond acceptors (Lipinski definition) is 4.